The molecule has 0 radical (unpaired) electrons. The highest BCUT2D eigenvalue weighted by molar-refractivity contribution is 5.76. The van der Waals surface area contributed by atoms with Crippen LogP contribution in [0.1, 0.15) is 25.0 Å². The van der Waals surface area contributed by atoms with E-state index in [0.29, 0.717) is 25.3 Å². The number of amides is 1. The Labute approximate surface area is 154 Å². The average molecular weight is 355 g/mol. The highest BCUT2D eigenvalue weighted by Crippen LogP contribution is 2.15. The van der Waals surface area contributed by atoms with Crippen molar-refractivity contribution in [1.82, 2.24) is 14.7 Å². The van der Waals surface area contributed by atoms with Gasteiger partial charge in [0.25, 0.3) is 0 Å². The fourth-order valence-corrected chi connectivity index (χ4v) is 2.50. The van der Waals surface area contributed by atoms with Gasteiger partial charge in [-0.15, -0.1) is 0 Å². The molecule has 0 spiro atoms. The molecule has 138 valence electrons. The van der Waals surface area contributed by atoms with Crippen LogP contribution in [0.3, 0.4) is 0 Å². The van der Waals surface area contributed by atoms with Gasteiger partial charge in [0.15, 0.2) is 0 Å². The number of carbonyl (C=O) groups excluding carboxylic acids is 1. The van der Waals surface area contributed by atoms with Gasteiger partial charge in [0.05, 0.1) is 24.6 Å². The highest BCUT2D eigenvalue weighted by Gasteiger charge is 2.15. The zero-order valence-corrected chi connectivity index (χ0v) is 15.6. The Hall–Kier alpha value is -2.85. The molecule has 0 fully saturated rings. The Balaban J connectivity index is 1.99. The Bertz CT molecular complexity index is 748. The normalized spacial score (nSPS) is 10.4. The van der Waals surface area contributed by atoms with Gasteiger partial charge in [-0.2, -0.15) is 15.0 Å². The molecule has 0 unspecified atom stereocenters. The fraction of sp³-hybridized carbons (Fsp3) is 0.421. The van der Waals surface area contributed by atoms with Crippen LogP contribution in [-0.4, -0.2) is 54.1 Å². The van der Waals surface area contributed by atoms with E-state index in [1.807, 2.05) is 51.2 Å². The molecule has 1 aromatic heterocycles. The second-order valence-electron chi connectivity index (χ2n) is 5.87. The molecule has 1 aromatic carbocycles. The quantitative estimate of drug-likeness (QED) is 0.681. The van der Waals surface area contributed by atoms with E-state index in [2.05, 4.69) is 10.00 Å². The number of hydrogen-bond acceptors (Lipinski definition) is 5. The van der Waals surface area contributed by atoms with Gasteiger partial charge >= 0.3 is 6.03 Å². The van der Waals surface area contributed by atoms with E-state index in [0.717, 1.165) is 24.4 Å². The molecule has 2 aromatic rings. The van der Waals surface area contributed by atoms with Crippen molar-refractivity contribution in [3.63, 3.8) is 0 Å². The van der Waals surface area contributed by atoms with Gasteiger partial charge in [-0.05, 0) is 31.5 Å². The second-order valence-corrected chi connectivity index (χ2v) is 5.87. The minimum Gasteiger partial charge on any atom is -0.380 e. The van der Waals surface area contributed by atoms with Crippen LogP contribution in [0.5, 0.6) is 0 Å². The van der Waals surface area contributed by atoms with E-state index in [-0.39, 0.29) is 6.03 Å². The average Bonchev–Trinajstić information content (AvgIpc) is 3.15. The zero-order chi connectivity index (χ0) is 18.9. The maximum atomic E-state index is 12.5. The molecule has 2 rings (SSSR count). The number of anilines is 1. The molecule has 1 amide bonds. The van der Waals surface area contributed by atoms with E-state index >= 15 is 0 Å². The topological polar surface area (TPSA) is 74.4 Å². The summed E-state index contributed by atoms with van der Waals surface area (Å²) in [4.78, 5) is 16.3. The maximum Gasteiger partial charge on any atom is 0.344 e. The summed E-state index contributed by atoms with van der Waals surface area (Å²) >= 11 is 0. The molecule has 1 heterocycles. The monoisotopic (exact) mass is 355 g/mol. The van der Waals surface area contributed by atoms with E-state index in [1.165, 1.54) is 17.1 Å². The van der Waals surface area contributed by atoms with E-state index < -0.39 is 0 Å². The number of benzene rings is 1. The van der Waals surface area contributed by atoms with Crippen molar-refractivity contribution < 1.29 is 9.53 Å². The van der Waals surface area contributed by atoms with Crippen molar-refractivity contribution in [3.8, 4) is 6.07 Å². The van der Waals surface area contributed by atoms with Crippen LogP contribution < -0.4 is 4.90 Å². The van der Waals surface area contributed by atoms with Gasteiger partial charge in [-0.25, -0.2) is 4.79 Å². The molecule has 0 saturated carbocycles. The number of nitrogens with zero attached hydrogens (tertiary/aromatic N) is 5. The van der Waals surface area contributed by atoms with Crippen molar-refractivity contribution in [3.05, 3.63) is 47.8 Å². The van der Waals surface area contributed by atoms with Crippen molar-refractivity contribution in [1.29, 1.82) is 5.26 Å². The predicted octanol–water partition coefficient (Wildman–Crippen LogP) is 2.72. The van der Waals surface area contributed by atoms with E-state index in [1.54, 1.807) is 4.90 Å². The molecule has 0 aliphatic heterocycles. The molecule has 0 bridgehead atoms. The van der Waals surface area contributed by atoms with E-state index in [4.69, 9.17) is 10.00 Å². The van der Waals surface area contributed by atoms with Crippen molar-refractivity contribution in [2.24, 2.45) is 0 Å². The van der Waals surface area contributed by atoms with Crippen LogP contribution >= 0.6 is 0 Å². The Morgan fingerprint density at radius 3 is 2.62 bits per heavy atom. The largest absolute Gasteiger partial charge is 0.380 e. The van der Waals surface area contributed by atoms with Gasteiger partial charge < -0.3 is 14.5 Å². The molecular formula is C19H25N5O2. The van der Waals surface area contributed by atoms with Crippen LogP contribution in [0.15, 0.2) is 36.7 Å². The summed E-state index contributed by atoms with van der Waals surface area (Å²) in [5.74, 6) is 0. The Morgan fingerprint density at radius 1 is 1.31 bits per heavy atom. The molecule has 7 heteroatoms. The molecule has 26 heavy (non-hydrogen) atoms. The zero-order valence-electron chi connectivity index (χ0n) is 15.6. The number of nitriles is 1. The first kappa shape index (κ1) is 19.5. The second kappa shape index (κ2) is 9.59. The first-order valence-corrected chi connectivity index (χ1v) is 8.70. The van der Waals surface area contributed by atoms with Gasteiger partial charge in [0, 0.05) is 39.0 Å². The molecular weight excluding hydrogens is 330 g/mol. The summed E-state index contributed by atoms with van der Waals surface area (Å²) in [5, 5.41) is 12.8. The minimum absolute atomic E-state index is 0.244. The Kier molecular flexibility index (Phi) is 7.18. The van der Waals surface area contributed by atoms with Crippen LogP contribution in [0.2, 0.25) is 0 Å². The summed E-state index contributed by atoms with van der Waals surface area (Å²) in [7, 11) is 2.03. The number of hydrogen-bond donors (Lipinski definition) is 0. The third-order valence-corrected chi connectivity index (χ3v) is 4.09. The third-order valence-electron chi connectivity index (χ3n) is 4.09. The first-order chi connectivity index (χ1) is 12.6. The van der Waals surface area contributed by atoms with Gasteiger partial charge in [-0.3, -0.25) is 0 Å². The summed E-state index contributed by atoms with van der Waals surface area (Å²) in [6.07, 6.45) is 2.83. The van der Waals surface area contributed by atoms with Gasteiger partial charge in [-0.1, -0.05) is 12.1 Å². The number of likely N-dealkylation sites (N-methyl/N-ethyl adjacent to an activating group) is 1. The maximum absolute atomic E-state index is 12.5. The predicted molar refractivity (Wildman–Crippen MR) is 100 cm³/mol. The lowest BCUT2D eigenvalue weighted by molar-refractivity contribution is 0.154. The molecule has 0 atom stereocenters. The van der Waals surface area contributed by atoms with Gasteiger partial charge in [0.2, 0.25) is 0 Å². The summed E-state index contributed by atoms with van der Waals surface area (Å²) in [6, 6.07) is 9.86. The standard InChI is InChI=1S/C19H25N5O2/c1-4-23(19(25)24-15-17(12-20)13-21-24)14-16-6-8-18(9-7-16)22(3)10-11-26-5-2/h6-9,13,15H,4-5,10-11,14H2,1-3H3. The SMILES string of the molecule is CCOCCN(C)c1ccc(CN(CC)C(=O)n2cc(C#N)cn2)cc1. The number of ether oxygens (including phenoxy) is 1. The number of carbonyl (C=O) groups is 1. The number of aromatic nitrogens is 2. The lowest BCUT2D eigenvalue weighted by atomic mass is 10.2. The molecule has 0 saturated heterocycles. The summed E-state index contributed by atoms with van der Waals surface area (Å²) in [6.45, 7) is 7.19. The third kappa shape index (κ3) is 5.07. The van der Waals surface area contributed by atoms with Crippen molar-refractivity contribution >= 4 is 11.7 Å². The smallest absolute Gasteiger partial charge is 0.344 e. The lowest BCUT2D eigenvalue weighted by Gasteiger charge is -2.22. The molecule has 7 nitrogen and oxygen atoms in total. The number of rotatable bonds is 8. The first-order valence-electron chi connectivity index (χ1n) is 8.70. The summed E-state index contributed by atoms with van der Waals surface area (Å²) < 4.78 is 6.59. The van der Waals surface area contributed by atoms with Crippen LogP contribution in [0.25, 0.3) is 0 Å². The van der Waals surface area contributed by atoms with E-state index in [9.17, 15) is 4.79 Å². The minimum atomic E-state index is -0.244. The molecule has 0 N–H and O–H groups in total. The lowest BCUT2D eigenvalue weighted by Crippen LogP contribution is -2.34. The molecule has 0 aliphatic carbocycles. The van der Waals surface area contributed by atoms with Crippen LogP contribution in [0.4, 0.5) is 10.5 Å². The summed E-state index contributed by atoms with van der Waals surface area (Å²) in [5.41, 5.74) is 2.51. The highest BCUT2D eigenvalue weighted by atomic mass is 16.5. The van der Waals surface area contributed by atoms with Crippen molar-refractivity contribution in [2.45, 2.75) is 20.4 Å². The van der Waals surface area contributed by atoms with Gasteiger partial charge in [0.1, 0.15) is 6.07 Å². The molecule has 0 aliphatic rings. The Morgan fingerprint density at radius 2 is 2.04 bits per heavy atom. The fourth-order valence-electron chi connectivity index (χ4n) is 2.50. The van der Waals surface area contributed by atoms with Crippen LogP contribution in [-0.2, 0) is 11.3 Å². The van der Waals surface area contributed by atoms with Crippen molar-refractivity contribution in [2.75, 3.05) is 38.3 Å². The van der Waals surface area contributed by atoms with Crippen LogP contribution in [0, 0.1) is 11.3 Å².